The largest absolute Gasteiger partial charge is 0.347 e. The third kappa shape index (κ3) is 2.57. The highest BCUT2D eigenvalue weighted by Gasteiger charge is 2.50. The number of nitrogens with zero attached hydrogens (tertiary/aromatic N) is 1. The Hall–Kier alpha value is -1.42. The summed E-state index contributed by atoms with van der Waals surface area (Å²) in [7, 11) is -3.57. The van der Waals surface area contributed by atoms with Gasteiger partial charge >= 0.3 is 0 Å². The molecule has 0 N–H and O–H groups in total. The molecule has 5 nitrogen and oxygen atoms in total. The molecule has 21 heavy (non-hydrogen) atoms. The van der Waals surface area contributed by atoms with Crippen LogP contribution in [0.3, 0.4) is 0 Å². The maximum atomic E-state index is 12.8. The molecule has 0 radical (unpaired) electrons. The molecule has 1 heterocycles. The average Bonchev–Trinajstić information content (AvgIpc) is 2.96. The first kappa shape index (κ1) is 14.5. The fourth-order valence-corrected chi connectivity index (χ4v) is 5.12. The Morgan fingerprint density at radius 1 is 1.19 bits per heavy atom. The highest BCUT2D eigenvalue weighted by atomic mass is 32.2. The third-order valence-corrected chi connectivity index (χ3v) is 6.47. The summed E-state index contributed by atoms with van der Waals surface area (Å²) >= 11 is 0. The van der Waals surface area contributed by atoms with Gasteiger partial charge in [0.25, 0.3) is 0 Å². The predicted octanol–water partition coefficient (Wildman–Crippen LogP) is 1.90. The van der Waals surface area contributed by atoms with E-state index in [-0.39, 0.29) is 11.3 Å². The second-order valence-corrected chi connectivity index (χ2v) is 7.65. The molecule has 2 unspecified atom stereocenters. The SMILES string of the molecule is N#CC1CCC2(CC1S(=O)(=O)c1ccccc1)OCCO2. The first-order chi connectivity index (χ1) is 10.1. The molecule has 3 rings (SSSR count). The van der Waals surface area contributed by atoms with Gasteiger partial charge in [-0.3, -0.25) is 0 Å². The summed E-state index contributed by atoms with van der Waals surface area (Å²) in [6.45, 7) is 0.963. The number of benzene rings is 1. The van der Waals surface area contributed by atoms with Crippen molar-refractivity contribution in [1.82, 2.24) is 0 Å². The summed E-state index contributed by atoms with van der Waals surface area (Å²) in [6, 6.07) is 10.4. The van der Waals surface area contributed by atoms with Crippen LogP contribution in [0.4, 0.5) is 0 Å². The maximum absolute atomic E-state index is 12.8. The van der Waals surface area contributed by atoms with Gasteiger partial charge in [0.1, 0.15) is 0 Å². The Labute approximate surface area is 124 Å². The van der Waals surface area contributed by atoms with Crippen LogP contribution in [0.5, 0.6) is 0 Å². The highest BCUT2D eigenvalue weighted by molar-refractivity contribution is 7.92. The molecule has 2 atom stereocenters. The molecule has 6 heteroatoms. The van der Waals surface area contributed by atoms with E-state index < -0.39 is 26.8 Å². The summed E-state index contributed by atoms with van der Waals surface area (Å²) in [5, 5.41) is 8.53. The summed E-state index contributed by atoms with van der Waals surface area (Å²) in [5.74, 6) is -1.34. The Morgan fingerprint density at radius 2 is 1.86 bits per heavy atom. The highest BCUT2D eigenvalue weighted by Crippen LogP contribution is 2.42. The second kappa shape index (κ2) is 5.41. The van der Waals surface area contributed by atoms with E-state index >= 15 is 0 Å². The van der Waals surface area contributed by atoms with Crippen LogP contribution >= 0.6 is 0 Å². The van der Waals surface area contributed by atoms with E-state index in [0.717, 1.165) is 0 Å². The minimum atomic E-state index is -3.57. The summed E-state index contributed by atoms with van der Waals surface area (Å²) in [4.78, 5) is 0.255. The van der Waals surface area contributed by atoms with Crippen LogP contribution in [0.25, 0.3) is 0 Å². The normalized spacial score (nSPS) is 28.3. The third-order valence-electron chi connectivity index (χ3n) is 4.25. The standard InChI is InChI=1S/C15H17NO4S/c16-11-12-6-7-15(19-8-9-20-15)10-14(12)21(17,18)13-4-2-1-3-5-13/h1-5,12,14H,6-10H2. The van der Waals surface area contributed by atoms with Gasteiger partial charge in [-0.05, 0) is 18.6 Å². The van der Waals surface area contributed by atoms with Crippen molar-refractivity contribution in [1.29, 1.82) is 5.26 Å². The first-order valence-electron chi connectivity index (χ1n) is 7.04. The Morgan fingerprint density at radius 3 is 2.48 bits per heavy atom. The van der Waals surface area contributed by atoms with Crippen molar-refractivity contribution in [2.24, 2.45) is 5.92 Å². The number of rotatable bonds is 2. The molecule has 112 valence electrons. The first-order valence-corrected chi connectivity index (χ1v) is 8.58. The molecule has 1 saturated carbocycles. The molecule has 1 spiro atoms. The molecular weight excluding hydrogens is 290 g/mol. The zero-order valence-electron chi connectivity index (χ0n) is 11.6. The quantitative estimate of drug-likeness (QED) is 0.834. The Kier molecular flexibility index (Phi) is 3.74. The van der Waals surface area contributed by atoms with Crippen molar-refractivity contribution < 1.29 is 17.9 Å². The lowest BCUT2D eigenvalue weighted by atomic mass is 9.85. The van der Waals surface area contributed by atoms with Gasteiger partial charge in [0.2, 0.25) is 0 Å². The van der Waals surface area contributed by atoms with Crippen molar-refractivity contribution >= 4 is 9.84 Å². The molecule has 0 bridgehead atoms. The Balaban J connectivity index is 1.95. The van der Waals surface area contributed by atoms with E-state index in [0.29, 0.717) is 26.1 Å². The van der Waals surface area contributed by atoms with Crippen LogP contribution in [0, 0.1) is 17.2 Å². The summed E-state index contributed by atoms with van der Waals surface area (Å²) in [5.41, 5.74) is 0. The van der Waals surface area contributed by atoms with Crippen LogP contribution in [-0.2, 0) is 19.3 Å². The van der Waals surface area contributed by atoms with E-state index in [4.69, 9.17) is 9.47 Å². The fourth-order valence-electron chi connectivity index (χ4n) is 3.13. The number of nitriles is 1. The Bertz CT molecular complexity index is 644. The smallest absolute Gasteiger partial charge is 0.182 e. The van der Waals surface area contributed by atoms with Gasteiger partial charge in [0.05, 0.1) is 35.3 Å². The topological polar surface area (TPSA) is 76.4 Å². The molecule has 1 aromatic rings. The van der Waals surface area contributed by atoms with Crippen molar-refractivity contribution in [3.05, 3.63) is 30.3 Å². The fraction of sp³-hybridized carbons (Fsp3) is 0.533. The number of sulfone groups is 1. The van der Waals surface area contributed by atoms with Gasteiger partial charge in [0, 0.05) is 12.8 Å². The summed E-state index contributed by atoms with van der Waals surface area (Å²) in [6.07, 6.45) is 1.28. The minimum absolute atomic E-state index is 0.225. The van der Waals surface area contributed by atoms with E-state index in [1.165, 1.54) is 0 Å². The van der Waals surface area contributed by atoms with Crippen molar-refractivity contribution in [2.45, 2.75) is 35.2 Å². The molecule has 1 aromatic carbocycles. The minimum Gasteiger partial charge on any atom is -0.347 e. The molecular formula is C15H17NO4S. The lowest BCUT2D eigenvalue weighted by Crippen LogP contribution is -2.45. The van der Waals surface area contributed by atoms with Crippen molar-refractivity contribution in [3.63, 3.8) is 0 Å². The van der Waals surface area contributed by atoms with E-state index in [9.17, 15) is 13.7 Å². The van der Waals surface area contributed by atoms with Crippen LogP contribution in [0.1, 0.15) is 19.3 Å². The molecule has 1 aliphatic carbocycles. The van der Waals surface area contributed by atoms with Crippen LogP contribution in [0.2, 0.25) is 0 Å². The molecule has 2 aliphatic rings. The average molecular weight is 307 g/mol. The molecule has 1 aliphatic heterocycles. The van der Waals surface area contributed by atoms with Crippen molar-refractivity contribution in [3.8, 4) is 6.07 Å². The van der Waals surface area contributed by atoms with Gasteiger partial charge in [-0.1, -0.05) is 18.2 Å². The van der Waals surface area contributed by atoms with Crippen LogP contribution in [-0.4, -0.2) is 32.7 Å². The van der Waals surface area contributed by atoms with Gasteiger partial charge in [0.15, 0.2) is 15.6 Å². The van der Waals surface area contributed by atoms with Crippen LogP contribution in [0.15, 0.2) is 35.2 Å². The van der Waals surface area contributed by atoms with E-state index in [2.05, 4.69) is 6.07 Å². The lowest BCUT2D eigenvalue weighted by molar-refractivity contribution is -0.178. The van der Waals surface area contributed by atoms with E-state index in [1.54, 1.807) is 30.3 Å². The van der Waals surface area contributed by atoms with Crippen LogP contribution < -0.4 is 0 Å². The molecule has 1 saturated heterocycles. The maximum Gasteiger partial charge on any atom is 0.182 e. The second-order valence-electron chi connectivity index (χ2n) is 5.48. The van der Waals surface area contributed by atoms with Gasteiger partial charge in [-0.15, -0.1) is 0 Å². The molecule has 0 aromatic heterocycles. The number of hydrogen-bond acceptors (Lipinski definition) is 5. The van der Waals surface area contributed by atoms with Crippen molar-refractivity contribution in [2.75, 3.05) is 13.2 Å². The number of ether oxygens (including phenoxy) is 2. The van der Waals surface area contributed by atoms with Gasteiger partial charge in [-0.25, -0.2) is 8.42 Å². The predicted molar refractivity (Wildman–Crippen MR) is 75.0 cm³/mol. The van der Waals surface area contributed by atoms with E-state index in [1.807, 2.05) is 0 Å². The zero-order chi connectivity index (χ0) is 14.9. The number of hydrogen-bond donors (Lipinski definition) is 0. The monoisotopic (exact) mass is 307 g/mol. The summed E-state index contributed by atoms with van der Waals surface area (Å²) < 4.78 is 36.9. The van der Waals surface area contributed by atoms with Gasteiger partial charge < -0.3 is 9.47 Å². The lowest BCUT2D eigenvalue weighted by Gasteiger charge is -2.38. The van der Waals surface area contributed by atoms with Gasteiger partial charge in [-0.2, -0.15) is 5.26 Å². The molecule has 0 amide bonds. The molecule has 2 fully saturated rings. The zero-order valence-corrected chi connectivity index (χ0v) is 12.4.